The first-order valence-electron chi connectivity index (χ1n) is 9.12. The minimum absolute atomic E-state index is 0.318. The first kappa shape index (κ1) is 18.3. The third-order valence-corrected chi connectivity index (χ3v) is 4.42. The number of aryl methyl sites for hydroxylation is 1. The van der Waals surface area contributed by atoms with Crippen molar-refractivity contribution < 1.29 is 9.90 Å². The van der Waals surface area contributed by atoms with Gasteiger partial charge in [0.15, 0.2) is 0 Å². The number of hydrogen-bond acceptors (Lipinski definition) is 1. The van der Waals surface area contributed by atoms with Crippen LogP contribution in [0.2, 0.25) is 0 Å². The van der Waals surface area contributed by atoms with E-state index in [1.807, 2.05) is 6.07 Å². The molecule has 2 rings (SSSR count). The van der Waals surface area contributed by atoms with Gasteiger partial charge in [0.2, 0.25) is 0 Å². The summed E-state index contributed by atoms with van der Waals surface area (Å²) in [5.41, 5.74) is 3.96. The Bertz CT molecular complexity index is 587. The zero-order chi connectivity index (χ0) is 17.0. The highest BCUT2D eigenvalue weighted by Gasteiger charge is 1.99. The van der Waals surface area contributed by atoms with Gasteiger partial charge in [-0.05, 0) is 36.0 Å². The van der Waals surface area contributed by atoms with Crippen molar-refractivity contribution in [1.29, 1.82) is 0 Å². The summed E-state index contributed by atoms with van der Waals surface area (Å²) in [6.07, 6.45) is 9.49. The number of aliphatic carboxylic acids is 1. The van der Waals surface area contributed by atoms with E-state index in [1.165, 1.54) is 48.8 Å². The molecule has 0 spiro atoms. The highest BCUT2D eigenvalue weighted by molar-refractivity contribution is 5.66. The molecule has 2 nitrogen and oxygen atoms in total. The molecule has 0 radical (unpaired) electrons. The molecule has 0 heterocycles. The minimum atomic E-state index is -0.673. The normalized spacial score (nSPS) is 10.7. The number of unbranched alkanes of at least 4 members (excludes halogenated alkanes) is 6. The molecular weight excluding hydrogens is 296 g/mol. The van der Waals surface area contributed by atoms with E-state index in [0.29, 0.717) is 6.42 Å². The molecule has 0 saturated heterocycles. The van der Waals surface area contributed by atoms with Gasteiger partial charge in [0.1, 0.15) is 0 Å². The number of benzene rings is 2. The largest absolute Gasteiger partial charge is 0.481 e. The van der Waals surface area contributed by atoms with E-state index in [2.05, 4.69) is 48.5 Å². The SMILES string of the molecule is O=C(O)CCCCCCCCCc1ccc(-c2ccccc2)cc1. The fourth-order valence-corrected chi connectivity index (χ4v) is 2.98. The molecule has 2 heteroatoms. The van der Waals surface area contributed by atoms with Crippen LogP contribution in [0.4, 0.5) is 0 Å². The van der Waals surface area contributed by atoms with Crippen molar-refractivity contribution >= 4 is 5.97 Å². The third-order valence-electron chi connectivity index (χ3n) is 4.42. The molecule has 2 aromatic carbocycles. The fourth-order valence-electron chi connectivity index (χ4n) is 2.98. The molecule has 1 N–H and O–H groups in total. The zero-order valence-corrected chi connectivity index (χ0v) is 14.4. The van der Waals surface area contributed by atoms with Crippen molar-refractivity contribution in [3.8, 4) is 11.1 Å². The molecule has 24 heavy (non-hydrogen) atoms. The van der Waals surface area contributed by atoms with Crippen LogP contribution in [0.15, 0.2) is 54.6 Å². The van der Waals surface area contributed by atoms with E-state index < -0.39 is 5.97 Å². The predicted octanol–water partition coefficient (Wildman–Crippen LogP) is 6.10. The first-order valence-corrected chi connectivity index (χ1v) is 9.12. The lowest BCUT2D eigenvalue weighted by Crippen LogP contribution is -1.93. The van der Waals surface area contributed by atoms with Gasteiger partial charge in [-0.1, -0.05) is 86.7 Å². The summed E-state index contributed by atoms with van der Waals surface area (Å²) < 4.78 is 0. The highest BCUT2D eigenvalue weighted by atomic mass is 16.4. The summed E-state index contributed by atoms with van der Waals surface area (Å²) in [6, 6.07) is 19.4. The Balaban J connectivity index is 1.57. The number of carboxylic acids is 1. The van der Waals surface area contributed by atoms with Crippen molar-refractivity contribution in [2.75, 3.05) is 0 Å². The van der Waals surface area contributed by atoms with Gasteiger partial charge in [-0.2, -0.15) is 0 Å². The van der Waals surface area contributed by atoms with Gasteiger partial charge >= 0.3 is 5.97 Å². The molecule has 0 aliphatic rings. The number of carboxylic acid groups (broad SMARTS) is 1. The second kappa shape index (κ2) is 10.6. The average Bonchev–Trinajstić information content (AvgIpc) is 2.61. The van der Waals surface area contributed by atoms with E-state index in [1.54, 1.807) is 0 Å². The van der Waals surface area contributed by atoms with Crippen LogP contribution in [0.1, 0.15) is 56.9 Å². The van der Waals surface area contributed by atoms with Crippen LogP contribution >= 0.6 is 0 Å². The Morgan fingerprint density at radius 2 is 1.21 bits per heavy atom. The third kappa shape index (κ3) is 6.99. The second-order valence-corrected chi connectivity index (χ2v) is 6.43. The van der Waals surface area contributed by atoms with Gasteiger partial charge in [-0.25, -0.2) is 0 Å². The Kier molecular flexibility index (Phi) is 8.09. The molecular formula is C22H28O2. The number of hydrogen-bond donors (Lipinski definition) is 1. The molecule has 0 fully saturated rings. The highest BCUT2D eigenvalue weighted by Crippen LogP contribution is 2.20. The van der Waals surface area contributed by atoms with Crippen LogP contribution in [-0.4, -0.2) is 11.1 Å². The van der Waals surface area contributed by atoms with Gasteiger partial charge in [0.25, 0.3) is 0 Å². The second-order valence-electron chi connectivity index (χ2n) is 6.43. The van der Waals surface area contributed by atoms with Gasteiger partial charge in [0.05, 0.1) is 0 Å². The molecule has 0 atom stereocenters. The summed E-state index contributed by atoms with van der Waals surface area (Å²) in [6.45, 7) is 0. The van der Waals surface area contributed by atoms with Gasteiger partial charge in [-0.3, -0.25) is 4.79 Å². The van der Waals surface area contributed by atoms with Crippen LogP contribution in [0.25, 0.3) is 11.1 Å². The summed E-state index contributed by atoms with van der Waals surface area (Å²) >= 11 is 0. The van der Waals surface area contributed by atoms with E-state index in [0.717, 1.165) is 19.3 Å². The Morgan fingerprint density at radius 1 is 0.667 bits per heavy atom. The molecule has 0 saturated carbocycles. The van der Waals surface area contributed by atoms with Crippen LogP contribution < -0.4 is 0 Å². The van der Waals surface area contributed by atoms with Crippen LogP contribution in [0.5, 0.6) is 0 Å². The van der Waals surface area contributed by atoms with Gasteiger partial charge < -0.3 is 5.11 Å². The average molecular weight is 324 g/mol. The molecule has 0 amide bonds. The molecule has 0 aliphatic carbocycles. The van der Waals surface area contributed by atoms with Gasteiger partial charge in [-0.15, -0.1) is 0 Å². The maximum atomic E-state index is 10.4. The zero-order valence-electron chi connectivity index (χ0n) is 14.4. The first-order chi connectivity index (χ1) is 11.8. The molecule has 2 aromatic rings. The molecule has 128 valence electrons. The Morgan fingerprint density at radius 3 is 1.83 bits per heavy atom. The Hall–Kier alpha value is -2.09. The Labute approximate surface area is 145 Å². The number of rotatable bonds is 11. The van der Waals surface area contributed by atoms with Crippen molar-refractivity contribution in [2.24, 2.45) is 0 Å². The maximum absolute atomic E-state index is 10.4. The number of carbonyl (C=O) groups is 1. The van der Waals surface area contributed by atoms with E-state index in [9.17, 15) is 4.79 Å². The summed E-state index contributed by atoms with van der Waals surface area (Å²) in [5.74, 6) is -0.673. The van der Waals surface area contributed by atoms with Crippen molar-refractivity contribution in [2.45, 2.75) is 57.8 Å². The summed E-state index contributed by atoms with van der Waals surface area (Å²) in [7, 11) is 0. The van der Waals surface area contributed by atoms with Crippen LogP contribution in [0, 0.1) is 0 Å². The van der Waals surface area contributed by atoms with Gasteiger partial charge in [0, 0.05) is 6.42 Å². The molecule has 0 bridgehead atoms. The van der Waals surface area contributed by atoms with Crippen LogP contribution in [0.3, 0.4) is 0 Å². The summed E-state index contributed by atoms with van der Waals surface area (Å²) in [4.78, 5) is 10.4. The predicted molar refractivity (Wildman–Crippen MR) is 100 cm³/mol. The quantitative estimate of drug-likeness (QED) is 0.507. The molecule has 0 aromatic heterocycles. The van der Waals surface area contributed by atoms with E-state index in [-0.39, 0.29) is 0 Å². The van der Waals surface area contributed by atoms with Crippen LogP contribution in [-0.2, 0) is 11.2 Å². The molecule has 0 aliphatic heterocycles. The monoisotopic (exact) mass is 324 g/mol. The van der Waals surface area contributed by atoms with Crippen molar-refractivity contribution in [3.05, 3.63) is 60.2 Å². The topological polar surface area (TPSA) is 37.3 Å². The summed E-state index contributed by atoms with van der Waals surface area (Å²) in [5, 5.41) is 8.58. The smallest absolute Gasteiger partial charge is 0.303 e. The van der Waals surface area contributed by atoms with E-state index in [4.69, 9.17) is 5.11 Å². The van der Waals surface area contributed by atoms with E-state index >= 15 is 0 Å². The fraction of sp³-hybridized carbons (Fsp3) is 0.409. The van der Waals surface area contributed by atoms with Crippen molar-refractivity contribution in [1.82, 2.24) is 0 Å². The lowest BCUT2D eigenvalue weighted by atomic mass is 10.0. The molecule has 0 unspecified atom stereocenters. The lowest BCUT2D eigenvalue weighted by molar-refractivity contribution is -0.137. The minimum Gasteiger partial charge on any atom is -0.481 e. The standard InChI is InChI=1S/C22H28O2/c23-22(24)14-10-5-3-1-2-4-7-11-19-15-17-21(18-16-19)20-12-8-6-9-13-20/h6,8-9,12-13,15-18H,1-5,7,10-11,14H2,(H,23,24). The lowest BCUT2D eigenvalue weighted by Gasteiger charge is -2.05. The van der Waals surface area contributed by atoms with Crippen molar-refractivity contribution in [3.63, 3.8) is 0 Å². The maximum Gasteiger partial charge on any atom is 0.303 e.